The summed E-state index contributed by atoms with van der Waals surface area (Å²) < 4.78 is 2.58. The topological polar surface area (TPSA) is 46.9 Å². The lowest BCUT2D eigenvalue weighted by Gasteiger charge is -2.03. The number of aryl methyl sites for hydroxylation is 1. The van der Waals surface area contributed by atoms with Crippen molar-refractivity contribution in [2.75, 3.05) is 5.32 Å². The van der Waals surface area contributed by atoms with Gasteiger partial charge in [0.2, 0.25) is 0 Å². The van der Waals surface area contributed by atoms with Crippen LogP contribution in [0.25, 0.3) is 0 Å². The van der Waals surface area contributed by atoms with Crippen LogP contribution in [0.2, 0.25) is 5.02 Å². The van der Waals surface area contributed by atoms with Crippen LogP contribution >= 0.6 is 27.5 Å². The van der Waals surface area contributed by atoms with Crippen molar-refractivity contribution in [3.05, 3.63) is 45.7 Å². The first-order valence-electron chi connectivity index (χ1n) is 5.40. The Morgan fingerprint density at radius 3 is 2.67 bits per heavy atom. The van der Waals surface area contributed by atoms with Crippen LogP contribution in [0, 0.1) is 0 Å². The number of carbonyl (C=O) groups excluding carboxylic acids is 1. The summed E-state index contributed by atoms with van der Waals surface area (Å²) >= 11 is 9.29. The minimum Gasteiger partial charge on any atom is -0.321 e. The van der Waals surface area contributed by atoms with E-state index in [2.05, 4.69) is 26.3 Å². The molecule has 2 aromatic rings. The van der Waals surface area contributed by atoms with E-state index in [4.69, 9.17) is 11.6 Å². The number of anilines is 1. The molecular formula is C12H11BrClN3O. The van der Waals surface area contributed by atoms with Crippen molar-refractivity contribution in [1.82, 2.24) is 9.78 Å². The smallest absolute Gasteiger partial charge is 0.277 e. The number of hydrogen-bond donors (Lipinski definition) is 1. The number of benzene rings is 1. The summed E-state index contributed by atoms with van der Waals surface area (Å²) in [5.41, 5.74) is 0.937. The van der Waals surface area contributed by atoms with Crippen molar-refractivity contribution in [3.8, 4) is 0 Å². The second-order valence-corrected chi connectivity index (χ2v) is 4.97. The Hall–Kier alpha value is -1.33. The van der Waals surface area contributed by atoms with Crippen molar-refractivity contribution in [2.24, 2.45) is 0 Å². The third-order valence-corrected chi connectivity index (χ3v) is 3.16. The first-order chi connectivity index (χ1) is 8.60. The zero-order valence-electron chi connectivity index (χ0n) is 9.65. The molecule has 0 saturated carbocycles. The molecule has 6 heteroatoms. The van der Waals surface area contributed by atoms with Crippen molar-refractivity contribution in [1.29, 1.82) is 0 Å². The van der Waals surface area contributed by atoms with Gasteiger partial charge in [-0.2, -0.15) is 5.10 Å². The molecule has 0 aliphatic heterocycles. The van der Waals surface area contributed by atoms with Crippen LogP contribution in [-0.4, -0.2) is 15.7 Å². The van der Waals surface area contributed by atoms with Crippen LogP contribution in [0.3, 0.4) is 0 Å². The molecule has 2 rings (SSSR count). The molecule has 18 heavy (non-hydrogen) atoms. The summed E-state index contributed by atoms with van der Waals surface area (Å²) in [7, 11) is 0. The Kier molecular flexibility index (Phi) is 4.04. The van der Waals surface area contributed by atoms with Crippen LogP contribution < -0.4 is 5.32 Å². The number of halogens is 2. The second-order valence-electron chi connectivity index (χ2n) is 3.64. The monoisotopic (exact) mass is 327 g/mol. The fourth-order valence-electron chi connectivity index (χ4n) is 1.44. The van der Waals surface area contributed by atoms with Gasteiger partial charge in [-0.15, -0.1) is 0 Å². The molecule has 0 unspecified atom stereocenters. The Balaban J connectivity index is 2.16. The van der Waals surface area contributed by atoms with Gasteiger partial charge < -0.3 is 5.32 Å². The Bertz CT molecular complexity index is 565. The molecule has 0 saturated heterocycles. The molecule has 0 aliphatic carbocycles. The van der Waals surface area contributed by atoms with Crippen molar-refractivity contribution in [3.63, 3.8) is 0 Å². The molecule has 1 aromatic carbocycles. The van der Waals surface area contributed by atoms with Gasteiger partial charge in [-0.25, -0.2) is 0 Å². The van der Waals surface area contributed by atoms with Crippen molar-refractivity contribution >= 4 is 39.1 Å². The van der Waals surface area contributed by atoms with E-state index in [9.17, 15) is 4.79 Å². The molecule has 94 valence electrons. The molecule has 0 fully saturated rings. The number of rotatable bonds is 3. The van der Waals surface area contributed by atoms with Gasteiger partial charge in [0.1, 0.15) is 0 Å². The minimum atomic E-state index is -0.311. The maximum atomic E-state index is 12.0. The van der Waals surface area contributed by atoms with Gasteiger partial charge in [0.05, 0.1) is 5.02 Å². The highest BCUT2D eigenvalue weighted by atomic mass is 79.9. The Labute approximate surface area is 118 Å². The molecule has 0 aliphatic rings. The van der Waals surface area contributed by atoms with E-state index in [-0.39, 0.29) is 11.6 Å². The largest absolute Gasteiger partial charge is 0.321 e. The predicted octanol–water partition coefficient (Wildman–Crippen LogP) is 3.57. The standard InChI is InChI=1S/C12H11BrClN3O/c1-2-17-7-10(14)11(16-17)12(18)15-9-5-3-8(13)4-6-9/h3-7H,2H2,1H3,(H,15,18). The highest BCUT2D eigenvalue weighted by Gasteiger charge is 2.15. The molecule has 0 bridgehead atoms. The summed E-state index contributed by atoms with van der Waals surface area (Å²) in [6.45, 7) is 2.60. The number of amides is 1. The lowest BCUT2D eigenvalue weighted by atomic mass is 10.3. The zero-order valence-corrected chi connectivity index (χ0v) is 12.0. The van der Waals surface area contributed by atoms with Gasteiger partial charge in [-0.1, -0.05) is 27.5 Å². The zero-order chi connectivity index (χ0) is 13.1. The van der Waals surface area contributed by atoms with Gasteiger partial charge >= 0.3 is 0 Å². The van der Waals surface area contributed by atoms with E-state index in [0.29, 0.717) is 17.3 Å². The summed E-state index contributed by atoms with van der Waals surface area (Å²) in [5, 5.41) is 7.20. The number of aromatic nitrogens is 2. The molecule has 4 nitrogen and oxygen atoms in total. The van der Waals surface area contributed by atoms with Gasteiger partial charge in [0.15, 0.2) is 5.69 Å². The fourth-order valence-corrected chi connectivity index (χ4v) is 1.94. The molecular weight excluding hydrogens is 318 g/mol. The molecule has 0 spiro atoms. The van der Waals surface area contributed by atoms with E-state index >= 15 is 0 Å². The molecule has 1 aromatic heterocycles. The molecule has 1 amide bonds. The molecule has 1 N–H and O–H groups in total. The van der Waals surface area contributed by atoms with E-state index in [1.165, 1.54) is 0 Å². The van der Waals surface area contributed by atoms with Gasteiger partial charge in [0.25, 0.3) is 5.91 Å². The lowest BCUT2D eigenvalue weighted by Crippen LogP contribution is -2.13. The lowest BCUT2D eigenvalue weighted by molar-refractivity contribution is 0.102. The van der Waals surface area contributed by atoms with Gasteiger partial charge in [0, 0.05) is 22.9 Å². The molecule has 0 atom stereocenters. The molecule has 1 heterocycles. The maximum absolute atomic E-state index is 12.0. The number of carbonyl (C=O) groups is 1. The third-order valence-electron chi connectivity index (χ3n) is 2.36. The summed E-state index contributed by atoms with van der Waals surface area (Å²) in [6.07, 6.45) is 1.64. The average molecular weight is 329 g/mol. The van der Waals surface area contributed by atoms with Crippen LogP contribution in [0.4, 0.5) is 5.69 Å². The minimum absolute atomic E-state index is 0.237. The SMILES string of the molecule is CCn1cc(Cl)c(C(=O)Nc2ccc(Br)cc2)n1. The first kappa shape index (κ1) is 13.1. The van der Waals surface area contributed by atoms with E-state index in [1.807, 2.05) is 19.1 Å². The van der Waals surface area contributed by atoms with Crippen molar-refractivity contribution < 1.29 is 4.79 Å². The van der Waals surface area contributed by atoms with E-state index in [0.717, 1.165) is 4.47 Å². The Morgan fingerprint density at radius 2 is 2.11 bits per heavy atom. The van der Waals surface area contributed by atoms with Crippen LogP contribution in [0.5, 0.6) is 0 Å². The first-order valence-corrected chi connectivity index (χ1v) is 6.57. The third kappa shape index (κ3) is 2.91. The second kappa shape index (κ2) is 5.54. The highest BCUT2D eigenvalue weighted by Crippen LogP contribution is 2.18. The highest BCUT2D eigenvalue weighted by molar-refractivity contribution is 9.10. The average Bonchev–Trinajstić information content (AvgIpc) is 2.73. The quantitative estimate of drug-likeness (QED) is 0.936. The summed E-state index contributed by atoms with van der Waals surface area (Å²) in [5.74, 6) is -0.311. The van der Waals surface area contributed by atoms with Crippen LogP contribution in [0.15, 0.2) is 34.9 Å². The summed E-state index contributed by atoms with van der Waals surface area (Å²) in [4.78, 5) is 12.0. The van der Waals surface area contributed by atoms with E-state index < -0.39 is 0 Å². The van der Waals surface area contributed by atoms with Crippen LogP contribution in [-0.2, 0) is 6.54 Å². The fraction of sp³-hybridized carbons (Fsp3) is 0.167. The molecule has 0 radical (unpaired) electrons. The number of hydrogen-bond acceptors (Lipinski definition) is 2. The number of nitrogens with zero attached hydrogens (tertiary/aromatic N) is 2. The van der Waals surface area contributed by atoms with Crippen molar-refractivity contribution in [2.45, 2.75) is 13.5 Å². The Morgan fingerprint density at radius 1 is 1.44 bits per heavy atom. The summed E-state index contributed by atoms with van der Waals surface area (Å²) in [6, 6.07) is 7.29. The van der Waals surface area contributed by atoms with Crippen LogP contribution in [0.1, 0.15) is 17.4 Å². The normalized spacial score (nSPS) is 10.4. The number of nitrogens with one attached hydrogen (secondary N) is 1. The van der Waals surface area contributed by atoms with E-state index in [1.54, 1.807) is 23.0 Å². The van der Waals surface area contributed by atoms with Gasteiger partial charge in [-0.3, -0.25) is 9.48 Å². The predicted molar refractivity (Wildman–Crippen MR) is 75.0 cm³/mol. The maximum Gasteiger partial charge on any atom is 0.277 e. The van der Waals surface area contributed by atoms with Gasteiger partial charge in [-0.05, 0) is 31.2 Å².